The standard InChI is InChI=1S/C11H11NO2S/c1-5-6(2)10-9(12-7(5)3)8(4-15-10)11(13)14/h4H,1-3H3,(H,13,14). The number of hydrogen-bond acceptors (Lipinski definition) is 3. The van der Waals surface area contributed by atoms with Gasteiger partial charge in [0.15, 0.2) is 0 Å². The van der Waals surface area contributed by atoms with Crippen molar-refractivity contribution in [2.75, 3.05) is 0 Å². The van der Waals surface area contributed by atoms with E-state index in [1.165, 1.54) is 11.3 Å². The van der Waals surface area contributed by atoms with Crippen molar-refractivity contribution < 1.29 is 9.90 Å². The molecule has 15 heavy (non-hydrogen) atoms. The Kier molecular flexibility index (Phi) is 2.23. The predicted molar refractivity (Wildman–Crippen MR) is 60.8 cm³/mol. The van der Waals surface area contributed by atoms with Crippen molar-refractivity contribution in [1.29, 1.82) is 0 Å². The highest BCUT2D eigenvalue weighted by Gasteiger charge is 2.15. The van der Waals surface area contributed by atoms with Crippen LogP contribution in [0.25, 0.3) is 10.2 Å². The van der Waals surface area contributed by atoms with Crippen LogP contribution in [0.1, 0.15) is 27.2 Å². The van der Waals surface area contributed by atoms with E-state index in [0.717, 1.165) is 21.5 Å². The lowest BCUT2D eigenvalue weighted by Crippen LogP contribution is -1.98. The summed E-state index contributed by atoms with van der Waals surface area (Å²) < 4.78 is 0.982. The number of aryl methyl sites for hydroxylation is 2. The molecule has 0 spiro atoms. The van der Waals surface area contributed by atoms with Crippen LogP contribution >= 0.6 is 11.3 Å². The number of pyridine rings is 1. The first-order chi connectivity index (χ1) is 7.02. The SMILES string of the molecule is Cc1nc2c(C(=O)O)csc2c(C)c1C. The number of hydrogen-bond donors (Lipinski definition) is 1. The summed E-state index contributed by atoms with van der Waals surface area (Å²) >= 11 is 1.45. The smallest absolute Gasteiger partial charge is 0.338 e. The molecule has 2 heterocycles. The Morgan fingerprint density at radius 2 is 2.00 bits per heavy atom. The normalized spacial score (nSPS) is 10.9. The fraction of sp³-hybridized carbons (Fsp3) is 0.273. The van der Waals surface area contributed by atoms with Gasteiger partial charge in [0.25, 0.3) is 0 Å². The molecule has 0 atom stereocenters. The van der Waals surface area contributed by atoms with Gasteiger partial charge in [0.1, 0.15) is 0 Å². The van der Waals surface area contributed by atoms with Crippen molar-refractivity contribution in [1.82, 2.24) is 4.98 Å². The van der Waals surface area contributed by atoms with Gasteiger partial charge in [0.2, 0.25) is 0 Å². The molecule has 0 saturated heterocycles. The minimum absolute atomic E-state index is 0.307. The molecule has 0 amide bonds. The van der Waals surface area contributed by atoms with Crippen LogP contribution in [0, 0.1) is 20.8 Å². The van der Waals surface area contributed by atoms with Crippen LogP contribution in [-0.2, 0) is 0 Å². The zero-order valence-corrected chi connectivity index (χ0v) is 9.60. The van der Waals surface area contributed by atoms with Gasteiger partial charge in [0, 0.05) is 11.1 Å². The molecule has 2 aromatic rings. The van der Waals surface area contributed by atoms with Crippen molar-refractivity contribution in [3.05, 3.63) is 27.8 Å². The highest BCUT2D eigenvalue weighted by atomic mass is 32.1. The predicted octanol–water partition coefficient (Wildman–Crippen LogP) is 2.92. The van der Waals surface area contributed by atoms with Crippen molar-refractivity contribution >= 4 is 27.5 Å². The summed E-state index contributed by atoms with van der Waals surface area (Å²) in [5.41, 5.74) is 4.10. The van der Waals surface area contributed by atoms with Crippen LogP contribution in [0.4, 0.5) is 0 Å². The Morgan fingerprint density at radius 1 is 1.33 bits per heavy atom. The number of carboxylic acid groups (broad SMARTS) is 1. The number of thiophene rings is 1. The maximum Gasteiger partial charge on any atom is 0.338 e. The maximum atomic E-state index is 11.0. The molecule has 78 valence electrons. The Morgan fingerprint density at radius 3 is 2.60 bits per heavy atom. The number of fused-ring (bicyclic) bond motifs is 1. The fourth-order valence-corrected chi connectivity index (χ4v) is 2.62. The monoisotopic (exact) mass is 221 g/mol. The molecule has 0 aliphatic rings. The minimum Gasteiger partial charge on any atom is -0.478 e. The first kappa shape index (κ1) is 10.1. The average molecular weight is 221 g/mol. The quantitative estimate of drug-likeness (QED) is 0.805. The van der Waals surface area contributed by atoms with Gasteiger partial charge in [-0.15, -0.1) is 11.3 Å². The van der Waals surface area contributed by atoms with Crippen LogP contribution < -0.4 is 0 Å². The van der Waals surface area contributed by atoms with Crippen LogP contribution in [0.5, 0.6) is 0 Å². The highest BCUT2D eigenvalue weighted by molar-refractivity contribution is 7.17. The fourth-order valence-electron chi connectivity index (χ4n) is 1.57. The van der Waals surface area contributed by atoms with Gasteiger partial charge in [-0.2, -0.15) is 0 Å². The summed E-state index contributed by atoms with van der Waals surface area (Å²) in [6.07, 6.45) is 0. The van der Waals surface area contributed by atoms with Gasteiger partial charge in [0.05, 0.1) is 15.8 Å². The lowest BCUT2D eigenvalue weighted by molar-refractivity contribution is 0.0699. The number of carbonyl (C=O) groups is 1. The molecule has 0 fully saturated rings. The Bertz CT molecular complexity index is 557. The van der Waals surface area contributed by atoms with Gasteiger partial charge in [-0.3, -0.25) is 4.98 Å². The van der Waals surface area contributed by atoms with Crippen LogP contribution in [0.15, 0.2) is 5.38 Å². The van der Waals surface area contributed by atoms with E-state index in [0.29, 0.717) is 11.1 Å². The lowest BCUT2D eigenvalue weighted by Gasteiger charge is -2.04. The lowest BCUT2D eigenvalue weighted by atomic mass is 10.1. The largest absolute Gasteiger partial charge is 0.478 e. The zero-order valence-electron chi connectivity index (χ0n) is 8.79. The molecule has 0 bridgehead atoms. The second-order valence-electron chi connectivity index (χ2n) is 3.58. The zero-order chi connectivity index (χ0) is 11.2. The average Bonchev–Trinajstić information content (AvgIpc) is 2.58. The van der Waals surface area contributed by atoms with E-state index >= 15 is 0 Å². The summed E-state index contributed by atoms with van der Waals surface area (Å²) in [6.45, 7) is 5.93. The van der Waals surface area contributed by atoms with E-state index in [1.807, 2.05) is 20.8 Å². The molecule has 0 aliphatic carbocycles. The molecule has 2 aromatic heterocycles. The number of rotatable bonds is 1. The van der Waals surface area contributed by atoms with Gasteiger partial charge in [-0.05, 0) is 31.9 Å². The van der Waals surface area contributed by atoms with Gasteiger partial charge >= 0.3 is 5.97 Å². The van der Waals surface area contributed by atoms with Crippen LogP contribution in [-0.4, -0.2) is 16.1 Å². The molecular weight excluding hydrogens is 210 g/mol. The van der Waals surface area contributed by atoms with Crippen molar-refractivity contribution in [3.8, 4) is 0 Å². The van der Waals surface area contributed by atoms with Crippen molar-refractivity contribution in [2.45, 2.75) is 20.8 Å². The molecule has 0 unspecified atom stereocenters. The van der Waals surface area contributed by atoms with Gasteiger partial charge < -0.3 is 5.11 Å². The summed E-state index contributed by atoms with van der Waals surface area (Å²) in [5, 5.41) is 10.6. The first-order valence-corrected chi connectivity index (χ1v) is 5.48. The number of nitrogens with zero attached hydrogens (tertiary/aromatic N) is 1. The maximum absolute atomic E-state index is 11.0. The van der Waals surface area contributed by atoms with Gasteiger partial charge in [-0.1, -0.05) is 0 Å². The van der Waals surface area contributed by atoms with E-state index in [9.17, 15) is 4.79 Å². The van der Waals surface area contributed by atoms with E-state index in [-0.39, 0.29) is 0 Å². The second kappa shape index (κ2) is 3.31. The molecule has 1 N–H and O–H groups in total. The highest BCUT2D eigenvalue weighted by Crippen LogP contribution is 2.30. The number of aromatic nitrogens is 1. The minimum atomic E-state index is -0.906. The third-order valence-electron chi connectivity index (χ3n) is 2.72. The van der Waals surface area contributed by atoms with E-state index in [2.05, 4.69) is 4.98 Å². The van der Waals surface area contributed by atoms with Crippen molar-refractivity contribution in [2.24, 2.45) is 0 Å². The summed E-state index contributed by atoms with van der Waals surface area (Å²) in [4.78, 5) is 15.3. The Hall–Kier alpha value is -1.42. The van der Waals surface area contributed by atoms with E-state index in [4.69, 9.17) is 5.11 Å². The van der Waals surface area contributed by atoms with Crippen LogP contribution in [0.2, 0.25) is 0 Å². The molecule has 0 aliphatic heterocycles. The van der Waals surface area contributed by atoms with E-state index < -0.39 is 5.97 Å². The third-order valence-corrected chi connectivity index (χ3v) is 3.81. The Labute approximate surface area is 91.4 Å². The van der Waals surface area contributed by atoms with E-state index in [1.54, 1.807) is 5.38 Å². The van der Waals surface area contributed by atoms with Gasteiger partial charge in [-0.25, -0.2) is 4.79 Å². The Balaban J connectivity index is 2.89. The summed E-state index contributed by atoms with van der Waals surface area (Å²) in [6, 6.07) is 0. The summed E-state index contributed by atoms with van der Waals surface area (Å²) in [7, 11) is 0. The topological polar surface area (TPSA) is 50.2 Å². The molecule has 0 aromatic carbocycles. The van der Waals surface area contributed by atoms with Crippen molar-refractivity contribution in [3.63, 3.8) is 0 Å². The first-order valence-electron chi connectivity index (χ1n) is 4.60. The summed E-state index contributed by atoms with van der Waals surface area (Å²) in [5.74, 6) is -0.906. The molecule has 2 rings (SSSR count). The third kappa shape index (κ3) is 1.41. The molecular formula is C11H11NO2S. The second-order valence-corrected chi connectivity index (χ2v) is 4.46. The van der Waals surface area contributed by atoms with Crippen LogP contribution in [0.3, 0.4) is 0 Å². The molecule has 4 heteroatoms. The number of aromatic carboxylic acids is 1. The molecule has 0 radical (unpaired) electrons. The molecule has 3 nitrogen and oxygen atoms in total. The number of carboxylic acids is 1. The molecule has 0 saturated carbocycles.